The van der Waals surface area contributed by atoms with Gasteiger partial charge in [0.15, 0.2) is 0 Å². The Hall–Kier alpha value is -0.240. The smallest absolute Gasteiger partial charge is 0.114 e. The minimum Gasteiger partial charge on any atom is -0.394 e. The lowest BCUT2D eigenvalue weighted by Gasteiger charge is -2.42. The Labute approximate surface area is 94.7 Å². The topological polar surface area (TPSA) is 88.4 Å². The molecule has 0 amide bonds. The summed E-state index contributed by atoms with van der Waals surface area (Å²) in [5.41, 5.74) is 0. The van der Waals surface area contributed by atoms with Crippen LogP contribution in [0.3, 0.4) is 0 Å². The van der Waals surface area contributed by atoms with E-state index < -0.39 is 24.4 Å². The van der Waals surface area contributed by atoms with Crippen LogP contribution in [0.1, 0.15) is 6.92 Å². The summed E-state index contributed by atoms with van der Waals surface area (Å²) in [5.74, 6) is 0. The van der Waals surface area contributed by atoms with E-state index in [1.807, 2.05) is 0 Å². The van der Waals surface area contributed by atoms with Gasteiger partial charge in [0, 0.05) is 7.11 Å². The van der Waals surface area contributed by atoms with Gasteiger partial charge in [-0.3, -0.25) is 0 Å². The molecule has 6 heteroatoms. The van der Waals surface area contributed by atoms with Crippen molar-refractivity contribution in [1.29, 1.82) is 0 Å². The van der Waals surface area contributed by atoms with Crippen LogP contribution in [0, 0.1) is 0 Å². The zero-order valence-corrected chi connectivity index (χ0v) is 9.57. The molecule has 0 aromatic carbocycles. The summed E-state index contributed by atoms with van der Waals surface area (Å²) >= 11 is 0. The van der Waals surface area contributed by atoms with Gasteiger partial charge in [0.25, 0.3) is 0 Å². The summed E-state index contributed by atoms with van der Waals surface area (Å²) in [7, 11) is 1.44. The van der Waals surface area contributed by atoms with Crippen LogP contribution in [-0.2, 0) is 14.2 Å². The predicted molar refractivity (Wildman–Crippen MR) is 55.1 cm³/mol. The first-order valence-corrected chi connectivity index (χ1v) is 5.35. The molecule has 6 nitrogen and oxygen atoms in total. The maximum absolute atomic E-state index is 10.0. The van der Waals surface area contributed by atoms with Gasteiger partial charge in [-0.05, 0) is 6.92 Å². The summed E-state index contributed by atoms with van der Waals surface area (Å²) in [4.78, 5) is 0. The van der Waals surface area contributed by atoms with Crippen molar-refractivity contribution in [2.75, 3.05) is 26.9 Å². The molecule has 0 saturated carbocycles. The second-order valence-electron chi connectivity index (χ2n) is 3.81. The maximum Gasteiger partial charge on any atom is 0.114 e. The molecule has 3 N–H and O–H groups in total. The van der Waals surface area contributed by atoms with Crippen LogP contribution in [-0.4, -0.2) is 72.8 Å². The molecule has 4 unspecified atom stereocenters. The molecule has 1 saturated heterocycles. The zero-order chi connectivity index (χ0) is 12.1. The van der Waals surface area contributed by atoms with E-state index in [2.05, 4.69) is 0 Å². The molecule has 1 fully saturated rings. The number of hydrogen-bond donors (Lipinski definition) is 3. The van der Waals surface area contributed by atoms with Crippen LogP contribution < -0.4 is 0 Å². The lowest BCUT2D eigenvalue weighted by atomic mass is 9.95. The maximum atomic E-state index is 10.0. The molecule has 0 aromatic rings. The predicted octanol–water partition coefficient (Wildman–Crippen LogP) is -1.48. The largest absolute Gasteiger partial charge is 0.394 e. The molecule has 0 bridgehead atoms. The molecule has 0 spiro atoms. The fourth-order valence-corrected chi connectivity index (χ4v) is 1.98. The first-order valence-electron chi connectivity index (χ1n) is 5.35. The Balaban J connectivity index is 2.65. The van der Waals surface area contributed by atoms with Crippen molar-refractivity contribution in [3.05, 3.63) is 0 Å². The highest BCUT2D eigenvalue weighted by atomic mass is 16.6. The molecule has 1 aliphatic heterocycles. The first-order chi connectivity index (χ1) is 7.65. The number of aliphatic hydroxyl groups excluding tert-OH is 3. The Morgan fingerprint density at radius 1 is 1.25 bits per heavy atom. The quantitative estimate of drug-likeness (QED) is 0.539. The van der Waals surface area contributed by atoms with Gasteiger partial charge in [0.05, 0.1) is 25.9 Å². The lowest BCUT2D eigenvalue weighted by molar-refractivity contribution is -0.243. The Bertz CT molecular complexity index is 200. The SMILES string of the molecule is COC1C(CO)O[C@@H](C)C(OCCO)C1O. The molecule has 1 rings (SSSR count). The van der Waals surface area contributed by atoms with Gasteiger partial charge in [0.1, 0.15) is 24.4 Å². The highest BCUT2D eigenvalue weighted by molar-refractivity contribution is 4.92. The van der Waals surface area contributed by atoms with Gasteiger partial charge in [-0.15, -0.1) is 0 Å². The van der Waals surface area contributed by atoms with Crippen LogP contribution in [0.4, 0.5) is 0 Å². The van der Waals surface area contributed by atoms with Crippen molar-refractivity contribution in [3.63, 3.8) is 0 Å². The number of hydrogen-bond acceptors (Lipinski definition) is 6. The lowest BCUT2D eigenvalue weighted by Crippen LogP contribution is -2.59. The van der Waals surface area contributed by atoms with Crippen molar-refractivity contribution in [2.45, 2.75) is 37.4 Å². The van der Waals surface area contributed by atoms with Crippen molar-refractivity contribution < 1.29 is 29.5 Å². The second-order valence-corrected chi connectivity index (χ2v) is 3.81. The van der Waals surface area contributed by atoms with Crippen LogP contribution in [0.25, 0.3) is 0 Å². The Morgan fingerprint density at radius 3 is 2.44 bits per heavy atom. The molecule has 16 heavy (non-hydrogen) atoms. The number of ether oxygens (including phenoxy) is 3. The van der Waals surface area contributed by atoms with Crippen molar-refractivity contribution in [1.82, 2.24) is 0 Å². The first kappa shape index (κ1) is 13.8. The third kappa shape index (κ3) is 2.91. The van der Waals surface area contributed by atoms with Crippen LogP contribution in [0.15, 0.2) is 0 Å². The minimum absolute atomic E-state index is 0.114. The highest BCUT2D eigenvalue weighted by Gasteiger charge is 2.43. The van der Waals surface area contributed by atoms with Gasteiger partial charge in [0.2, 0.25) is 0 Å². The Morgan fingerprint density at radius 2 is 1.94 bits per heavy atom. The summed E-state index contributed by atoms with van der Waals surface area (Å²) in [6.07, 6.45) is -2.96. The molecular weight excluding hydrogens is 216 g/mol. The van der Waals surface area contributed by atoms with Gasteiger partial charge in [-0.2, -0.15) is 0 Å². The van der Waals surface area contributed by atoms with E-state index in [9.17, 15) is 5.11 Å². The average Bonchev–Trinajstić information content (AvgIpc) is 2.28. The van der Waals surface area contributed by atoms with E-state index in [4.69, 9.17) is 24.4 Å². The fourth-order valence-electron chi connectivity index (χ4n) is 1.98. The third-order valence-corrected chi connectivity index (χ3v) is 2.75. The van der Waals surface area contributed by atoms with Crippen LogP contribution in [0.5, 0.6) is 0 Å². The van der Waals surface area contributed by atoms with Gasteiger partial charge < -0.3 is 29.5 Å². The molecule has 0 radical (unpaired) electrons. The van der Waals surface area contributed by atoms with Crippen LogP contribution in [0.2, 0.25) is 0 Å². The summed E-state index contributed by atoms with van der Waals surface area (Å²) in [6.45, 7) is 1.55. The normalized spacial score (nSPS) is 39.9. The van der Waals surface area contributed by atoms with E-state index in [-0.39, 0.29) is 25.9 Å². The average molecular weight is 236 g/mol. The van der Waals surface area contributed by atoms with Gasteiger partial charge >= 0.3 is 0 Å². The summed E-state index contributed by atoms with van der Waals surface area (Å²) in [5, 5.41) is 27.8. The minimum atomic E-state index is -0.877. The molecule has 96 valence electrons. The van der Waals surface area contributed by atoms with Crippen LogP contribution >= 0.6 is 0 Å². The standard InChI is InChI=1S/C10H20O6/c1-6-9(15-4-3-11)8(13)10(14-2)7(5-12)16-6/h6-13H,3-5H2,1-2H3/t6-,7?,8?,9?,10?/m0/s1. The molecule has 1 heterocycles. The van der Waals surface area contributed by atoms with E-state index in [1.165, 1.54) is 7.11 Å². The summed E-state index contributed by atoms with van der Waals surface area (Å²) in [6, 6.07) is 0. The molecular formula is C10H20O6. The van der Waals surface area contributed by atoms with E-state index >= 15 is 0 Å². The number of rotatable bonds is 5. The van der Waals surface area contributed by atoms with Gasteiger partial charge in [-0.25, -0.2) is 0 Å². The molecule has 0 aliphatic carbocycles. The number of aliphatic hydroxyl groups is 3. The number of methoxy groups -OCH3 is 1. The molecule has 1 aliphatic rings. The summed E-state index contributed by atoms with van der Waals surface area (Å²) < 4.78 is 15.9. The highest BCUT2D eigenvalue weighted by Crippen LogP contribution is 2.24. The van der Waals surface area contributed by atoms with Crippen molar-refractivity contribution in [3.8, 4) is 0 Å². The van der Waals surface area contributed by atoms with Crippen molar-refractivity contribution >= 4 is 0 Å². The van der Waals surface area contributed by atoms with Crippen molar-refractivity contribution in [2.24, 2.45) is 0 Å². The van der Waals surface area contributed by atoms with E-state index in [0.29, 0.717) is 0 Å². The zero-order valence-electron chi connectivity index (χ0n) is 9.57. The fraction of sp³-hybridized carbons (Fsp3) is 1.00. The Kier molecular flexibility index (Phi) is 5.60. The molecule has 0 aromatic heterocycles. The second kappa shape index (κ2) is 6.48. The third-order valence-electron chi connectivity index (χ3n) is 2.75. The van der Waals surface area contributed by atoms with E-state index in [0.717, 1.165) is 0 Å². The monoisotopic (exact) mass is 236 g/mol. The van der Waals surface area contributed by atoms with E-state index in [1.54, 1.807) is 6.92 Å². The van der Waals surface area contributed by atoms with Gasteiger partial charge in [-0.1, -0.05) is 0 Å². The molecule has 5 atom stereocenters.